The molecule has 0 aromatic heterocycles. The number of carbonyl (C=O) groups is 1. The van der Waals surface area contributed by atoms with Crippen LogP contribution in [0.25, 0.3) is 0 Å². The fraction of sp³-hybridized carbons (Fsp3) is 0.100. The molecule has 0 aliphatic rings. The van der Waals surface area contributed by atoms with E-state index in [0.717, 1.165) is 12.1 Å². The Kier molecular flexibility index (Phi) is 4.69. The van der Waals surface area contributed by atoms with Crippen LogP contribution in [0.2, 0.25) is 5.02 Å². The van der Waals surface area contributed by atoms with Gasteiger partial charge >= 0.3 is 11.7 Å². The number of benzene rings is 1. The highest BCUT2D eigenvalue weighted by Crippen LogP contribution is 2.38. The second kappa shape index (κ2) is 5.83. The Morgan fingerprint density at radius 2 is 2.28 bits per heavy atom. The van der Waals surface area contributed by atoms with Crippen molar-refractivity contribution in [1.82, 2.24) is 0 Å². The first-order chi connectivity index (χ1) is 8.36. The molecule has 1 atom stereocenters. The molecule has 18 heavy (non-hydrogen) atoms. The van der Waals surface area contributed by atoms with E-state index < -0.39 is 22.7 Å². The Morgan fingerprint density at radius 3 is 2.72 bits per heavy atom. The van der Waals surface area contributed by atoms with Gasteiger partial charge in [-0.15, -0.1) is 0 Å². The third-order valence-corrected chi connectivity index (χ3v) is 2.70. The van der Waals surface area contributed by atoms with Crippen LogP contribution in [0.1, 0.15) is 0 Å². The minimum Gasteiger partial charge on any atom is -0.478 e. The number of aliphatic carboxylic acids is 1. The second-order valence-electron chi connectivity index (χ2n) is 3.11. The highest BCUT2D eigenvalue weighted by Gasteiger charge is 2.25. The molecule has 1 rings (SSSR count). The van der Waals surface area contributed by atoms with Crippen molar-refractivity contribution in [3.05, 3.63) is 44.4 Å². The molecule has 0 fully saturated rings. The highest BCUT2D eigenvalue weighted by atomic mass is 79.9. The summed E-state index contributed by atoms with van der Waals surface area (Å²) in [6.45, 7) is 3.28. The van der Waals surface area contributed by atoms with Crippen molar-refractivity contribution in [3.63, 3.8) is 0 Å². The Balaban J connectivity index is 3.26. The van der Waals surface area contributed by atoms with Crippen molar-refractivity contribution in [1.29, 1.82) is 0 Å². The van der Waals surface area contributed by atoms with Crippen LogP contribution in [-0.2, 0) is 4.79 Å². The van der Waals surface area contributed by atoms with E-state index in [4.69, 9.17) is 21.4 Å². The van der Waals surface area contributed by atoms with Gasteiger partial charge < -0.3 is 9.84 Å². The third kappa shape index (κ3) is 3.21. The summed E-state index contributed by atoms with van der Waals surface area (Å²) in [5.74, 6) is -1.52. The van der Waals surface area contributed by atoms with E-state index in [-0.39, 0.29) is 15.2 Å². The van der Waals surface area contributed by atoms with Gasteiger partial charge in [0.05, 0.1) is 9.40 Å². The number of carboxylic acid groups (broad SMARTS) is 1. The lowest BCUT2D eigenvalue weighted by Crippen LogP contribution is -2.24. The number of hydrogen-bond acceptors (Lipinski definition) is 4. The van der Waals surface area contributed by atoms with Gasteiger partial charge in [-0.25, -0.2) is 4.79 Å². The van der Waals surface area contributed by atoms with E-state index in [9.17, 15) is 14.9 Å². The smallest absolute Gasteiger partial charge is 0.349 e. The normalized spacial score (nSPS) is 11.7. The predicted octanol–water partition coefficient (Wildman–Crippen LogP) is 3.03. The number of halogens is 2. The van der Waals surface area contributed by atoms with E-state index in [1.165, 1.54) is 6.07 Å². The van der Waals surface area contributed by atoms with Crippen molar-refractivity contribution in [2.75, 3.05) is 0 Å². The van der Waals surface area contributed by atoms with Crippen LogP contribution in [0.3, 0.4) is 0 Å². The summed E-state index contributed by atoms with van der Waals surface area (Å²) in [5, 5.41) is 19.8. The molecular formula is C10H7BrClNO5. The molecule has 1 aromatic carbocycles. The van der Waals surface area contributed by atoms with Crippen molar-refractivity contribution in [2.45, 2.75) is 6.10 Å². The molecule has 1 unspecified atom stereocenters. The summed E-state index contributed by atoms with van der Waals surface area (Å²) < 4.78 is 5.23. The van der Waals surface area contributed by atoms with E-state index in [0.29, 0.717) is 0 Å². The molecule has 1 aromatic rings. The number of ether oxygens (including phenoxy) is 1. The molecule has 0 aliphatic heterocycles. The number of carboxylic acids is 1. The quantitative estimate of drug-likeness (QED) is 0.507. The number of nitro benzene ring substituents is 1. The predicted molar refractivity (Wildman–Crippen MR) is 68.1 cm³/mol. The van der Waals surface area contributed by atoms with Gasteiger partial charge in [0.1, 0.15) is 0 Å². The van der Waals surface area contributed by atoms with E-state index in [2.05, 4.69) is 22.5 Å². The van der Waals surface area contributed by atoms with Crippen LogP contribution in [0, 0.1) is 10.1 Å². The first kappa shape index (κ1) is 14.5. The Morgan fingerprint density at radius 1 is 1.67 bits per heavy atom. The van der Waals surface area contributed by atoms with E-state index in [1.54, 1.807) is 0 Å². The number of nitrogens with zero attached hydrogens (tertiary/aromatic N) is 1. The maximum Gasteiger partial charge on any atom is 0.349 e. The number of nitro groups is 1. The molecule has 0 heterocycles. The fourth-order valence-corrected chi connectivity index (χ4v) is 2.01. The molecule has 1 N–H and O–H groups in total. The molecular weight excluding hydrogens is 329 g/mol. The van der Waals surface area contributed by atoms with Gasteiger partial charge in [0, 0.05) is 11.1 Å². The van der Waals surface area contributed by atoms with Gasteiger partial charge in [-0.2, -0.15) is 0 Å². The van der Waals surface area contributed by atoms with Crippen molar-refractivity contribution in [3.8, 4) is 5.75 Å². The summed E-state index contributed by atoms with van der Waals surface area (Å²) in [6.07, 6.45) is -0.367. The summed E-state index contributed by atoms with van der Waals surface area (Å²) in [5.41, 5.74) is -0.428. The number of rotatable bonds is 5. The summed E-state index contributed by atoms with van der Waals surface area (Å²) >= 11 is 8.70. The minimum atomic E-state index is -1.39. The largest absolute Gasteiger partial charge is 0.478 e. The molecule has 0 saturated carbocycles. The molecule has 0 bridgehead atoms. The van der Waals surface area contributed by atoms with Gasteiger partial charge in [0.25, 0.3) is 0 Å². The maximum absolute atomic E-state index is 10.8. The van der Waals surface area contributed by atoms with Crippen molar-refractivity contribution >= 4 is 39.2 Å². The van der Waals surface area contributed by atoms with Crippen molar-refractivity contribution < 1.29 is 19.6 Å². The lowest BCUT2D eigenvalue weighted by Gasteiger charge is -2.12. The molecule has 0 aliphatic carbocycles. The summed E-state index contributed by atoms with van der Waals surface area (Å²) in [4.78, 5) is 20.9. The molecule has 8 heteroatoms. The maximum atomic E-state index is 10.8. The molecule has 6 nitrogen and oxygen atoms in total. The van der Waals surface area contributed by atoms with Gasteiger partial charge in [-0.1, -0.05) is 18.2 Å². The monoisotopic (exact) mass is 335 g/mol. The van der Waals surface area contributed by atoms with Gasteiger partial charge in [0.2, 0.25) is 11.9 Å². The number of hydrogen-bond donors (Lipinski definition) is 1. The highest BCUT2D eigenvalue weighted by molar-refractivity contribution is 9.10. The van der Waals surface area contributed by atoms with Crippen molar-refractivity contribution in [2.24, 2.45) is 0 Å². The summed E-state index contributed by atoms with van der Waals surface area (Å²) in [6, 6.07) is 2.44. The first-order valence-electron chi connectivity index (χ1n) is 4.52. The Labute approximate surface area is 115 Å². The first-order valence-corrected chi connectivity index (χ1v) is 5.69. The SMILES string of the molecule is C=CC(Oc1c(Br)cc(Cl)cc1[N+](=O)[O-])C(=O)O. The zero-order valence-corrected chi connectivity index (χ0v) is 11.1. The molecule has 96 valence electrons. The Bertz CT molecular complexity index is 519. The molecule has 0 saturated heterocycles. The zero-order chi connectivity index (χ0) is 13.9. The lowest BCUT2D eigenvalue weighted by atomic mass is 10.3. The van der Waals surface area contributed by atoms with Gasteiger partial charge in [0.15, 0.2) is 0 Å². The van der Waals surface area contributed by atoms with Crippen LogP contribution in [0.15, 0.2) is 29.3 Å². The van der Waals surface area contributed by atoms with Crippen LogP contribution in [0.4, 0.5) is 5.69 Å². The second-order valence-corrected chi connectivity index (χ2v) is 4.40. The van der Waals surface area contributed by atoms with Crippen LogP contribution >= 0.6 is 27.5 Å². The van der Waals surface area contributed by atoms with Crippen LogP contribution in [-0.4, -0.2) is 22.1 Å². The molecule has 0 spiro atoms. The minimum absolute atomic E-state index is 0.131. The van der Waals surface area contributed by atoms with Gasteiger partial charge in [-0.3, -0.25) is 10.1 Å². The summed E-state index contributed by atoms with van der Waals surface area (Å²) in [7, 11) is 0. The fourth-order valence-electron chi connectivity index (χ4n) is 1.13. The van der Waals surface area contributed by atoms with Crippen LogP contribution in [0.5, 0.6) is 5.75 Å². The standard InChI is InChI=1S/C10H7BrClNO5/c1-2-8(10(14)15)18-9-6(11)3-5(12)4-7(9)13(16)17/h2-4,8H,1H2,(H,14,15). The topological polar surface area (TPSA) is 89.7 Å². The van der Waals surface area contributed by atoms with E-state index in [1.807, 2.05) is 0 Å². The molecule has 0 radical (unpaired) electrons. The van der Waals surface area contributed by atoms with Gasteiger partial charge in [-0.05, 0) is 28.1 Å². The average Bonchev–Trinajstić information content (AvgIpc) is 2.26. The van der Waals surface area contributed by atoms with Crippen LogP contribution < -0.4 is 4.74 Å². The zero-order valence-electron chi connectivity index (χ0n) is 8.80. The average molecular weight is 337 g/mol. The Hall–Kier alpha value is -1.60. The third-order valence-electron chi connectivity index (χ3n) is 1.89. The van der Waals surface area contributed by atoms with E-state index >= 15 is 0 Å². The lowest BCUT2D eigenvalue weighted by molar-refractivity contribution is -0.386. The molecule has 0 amide bonds.